The van der Waals surface area contributed by atoms with Gasteiger partial charge in [-0.05, 0) is 6.07 Å². The summed E-state index contributed by atoms with van der Waals surface area (Å²) >= 11 is 0. The van der Waals surface area contributed by atoms with Crippen molar-refractivity contribution in [1.29, 1.82) is 0 Å². The first-order valence-corrected chi connectivity index (χ1v) is 4.11. The van der Waals surface area contributed by atoms with E-state index in [0.29, 0.717) is 19.5 Å². The van der Waals surface area contributed by atoms with E-state index in [1.807, 2.05) is 6.07 Å². The van der Waals surface area contributed by atoms with Gasteiger partial charge in [-0.1, -0.05) is 0 Å². The van der Waals surface area contributed by atoms with Crippen LogP contribution in [0.15, 0.2) is 23.0 Å². The summed E-state index contributed by atoms with van der Waals surface area (Å²) in [5.74, 6) is -0.195. The molecule has 72 valence electrons. The van der Waals surface area contributed by atoms with Gasteiger partial charge in [0.25, 0.3) is 0 Å². The topological polar surface area (TPSA) is 51.5 Å². The van der Waals surface area contributed by atoms with Gasteiger partial charge < -0.3 is 14.5 Å². The molecule has 0 spiro atoms. The SMILES string of the molecule is COC(=O)CCNCc1ccoc1. The number of carbonyl (C=O) groups excluding carboxylic acids is 1. The zero-order valence-corrected chi connectivity index (χ0v) is 7.58. The van der Waals surface area contributed by atoms with Crippen molar-refractivity contribution >= 4 is 5.97 Å². The predicted molar refractivity (Wildman–Crippen MR) is 47.0 cm³/mol. The molecular formula is C9H13NO3. The third-order valence-corrected chi connectivity index (χ3v) is 1.64. The fourth-order valence-corrected chi connectivity index (χ4v) is 0.918. The Bertz CT molecular complexity index is 243. The lowest BCUT2D eigenvalue weighted by Crippen LogP contribution is -2.18. The highest BCUT2D eigenvalue weighted by Gasteiger charge is 1.98. The summed E-state index contributed by atoms with van der Waals surface area (Å²) < 4.78 is 9.37. The zero-order chi connectivity index (χ0) is 9.52. The maximum atomic E-state index is 10.7. The quantitative estimate of drug-likeness (QED) is 0.545. The van der Waals surface area contributed by atoms with Crippen molar-refractivity contribution < 1.29 is 13.9 Å². The van der Waals surface area contributed by atoms with E-state index < -0.39 is 0 Å². The molecule has 1 rings (SSSR count). The number of methoxy groups -OCH3 is 1. The Hall–Kier alpha value is -1.29. The molecule has 0 aliphatic carbocycles. The summed E-state index contributed by atoms with van der Waals surface area (Å²) in [4.78, 5) is 10.7. The highest BCUT2D eigenvalue weighted by atomic mass is 16.5. The Morgan fingerprint density at radius 2 is 2.54 bits per heavy atom. The van der Waals surface area contributed by atoms with Gasteiger partial charge >= 0.3 is 5.97 Å². The number of rotatable bonds is 5. The van der Waals surface area contributed by atoms with Crippen LogP contribution in [-0.2, 0) is 16.1 Å². The Kier molecular flexibility index (Phi) is 4.05. The monoisotopic (exact) mass is 183 g/mol. The van der Waals surface area contributed by atoms with Crippen molar-refractivity contribution in [3.8, 4) is 0 Å². The van der Waals surface area contributed by atoms with Gasteiger partial charge in [-0.15, -0.1) is 0 Å². The van der Waals surface area contributed by atoms with Gasteiger partial charge in [-0.2, -0.15) is 0 Å². The van der Waals surface area contributed by atoms with Gasteiger partial charge in [0, 0.05) is 18.7 Å². The molecule has 0 bridgehead atoms. The van der Waals surface area contributed by atoms with E-state index in [-0.39, 0.29) is 5.97 Å². The van der Waals surface area contributed by atoms with Crippen LogP contribution >= 0.6 is 0 Å². The van der Waals surface area contributed by atoms with Crippen LogP contribution in [0.1, 0.15) is 12.0 Å². The standard InChI is InChI=1S/C9H13NO3/c1-12-9(11)2-4-10-6-8-3-5-13-7-8/h3,5,7,10H,2,4,6H2,1H3. The lowest BCUT2D eigenvalue weighted by atomic mass is 10.3. The summed E-state index contributed by atoms with van der Waals surface area (Å²) in [5.41, 5.74) is 1.07. The fraction of sp³-hybridized carbons (Fsp3) is 0.444. The fourth-order valence-electron chi connectivity index (χ4n) is 0.918. The third-order valence-electron chi connectivity index (χ3n) is 1.64. The molecule has 1 heterocycles. The normalized spacial score (nSPS) is 9.92. The smallest absolute Gasteiger partial charge is 0.306 e. The molecule has 0 fully saturated rings. The van der Waals surface area contributed by atoms with Gasteiger partial charge in [0.15, 0.2) is 0 Å². The number of nitrogens with one attached hydrogen (secondary N) is 1. The van der Waals surface area contributed by atoms with Crippen LogP contribution < -0.4 is 5.32 Å². The van der Waals surface area contributed by atoms with Gasteiger partial charge in [0.1, 0.15) is 0 Å². The van der Waals surface area contributed by atoms with E-state index in [2.05, 4.69) is 10.1 Å². The Balaban J connectivity index is 2.05. The first-order chi connectivity index (χ1) is 6.33. The molecule has 13 heavy (non-hydrogen) atoms. The number of furan rings is 1. The van der Waals surface area contributed by atoms with Crippen LogP contribution in [0.5, 0.6) is 0 Å². The number of hydrogen-bond acceptors (Lipinski definition) is 4. The van der Waals surface area contributed by atoms with Crippen LogP contribution in [0.25, 0.3) is 0 Å². The minimum absolute atomic E-state index is 0.195. The summed E-state index contributed by atoms with van der Waals surface area (Å²) in [6, 6.07) is 1.88. The van der Waals surface area contributed by atoms with Gasteiger partial charge in [0.2, 0.25) is 0 Å². The molecule has 0 aliphatic rings. The van der Waals surface area contributed by atoms with Crippen LogP contribution in [-0.4, -0.2) is 19.6 Å². The van der Waals surface area contributed by atoms with Gasteiger partial charge in [0.05, 0.1) is 26.1 Å². The second-order valence-electron chi connectivity index (χ2n) is 2.63. The van der Waals surface area contributed by atoms with Gasteiger partial charge in [-0.3, -0.25) is 4.79 Å². The number of carbonyl (C=O) groups is 1. The molecule has 1 aromatic rings. The van der Waals surface area contributed by atoms with Crippen LogP contribution in [0.2, 0.25) is 0 Å². The van der Waals surface area contributed by atoms with Crippen molar-refractivity contribution in [2.24, 2.45) is 0 Å². The molecule has 0 radical (unpaired) electrons. The Morgan fingerprint density at radius 1 is 1.69 bits per heavy atom. The van der Waals surface area contributed by atoms with E-state index in [1.54, 1.807) is 12.5 Å². The molecule has 1 N–H and O–H groups in total. The number of ether oxygens (including phenoxy) is 1. The summed E-state index contributed by atoms with van der Waals surface area (Å²) in [5, 5.41) is 3.09. The minimum atomic E-state index is -0.195. The third kappa shape index (κ3) is 3.75. The van der Waals surface area contributed by atoms with Crippen LogP contribution in [0.3, 0.4) is 0 Å². The van der Waals surface area contributed by atoms with Crippen LogP contribution in [0, 0.1) is 0 Å². The second-order valence-corrected chi connectivity index (χ2v) is 2.63. The minimum Gasteiger partial charge on any atom is -0.472 e. The van der Waals surface area contributed by atoms with Crippen LogP contribution in [0.4, 0.5) is 0 Å². The van der Waals surface area contributed by atoms with E-state index in [9.17, 15) is 4.79 Å². The first kappa shape index (κ1) is 9.80. The zero-order valence-electron chi connectivity index (χ0n) is 7.58. The van der Waals surface area contributed by atoms with Crippen molar-refractivity contribution in [2.75, 3.05) is 13.7 Å². The lowest BCUT2D eigenvalue weighted by molar-refractivity contribution is -0.140. The molecular weight excluding hydrogens is 170 g/mol. The van der Waals surface area contributed by atoms with Gasteiger partial charge in [-0.25, -0.2) is 0 Å². The first-order valence-electron chi connectivity index (χ1n) is 4.11. The molecule has 0 unspecified atom stereocenters. The van der Waals surface area contributed by atoms with E-state index in [4.69, 9.17) is 4.42 Å². The highest BCUT2D eigenvalue weighted by Crippen LogP contribution is 1.98. The largest absolute Gasteiger partial charge is 0.472 e. The van der Waals surface area contributed by atoms with Crippen molar-refractivity contribution in [3.63, 3.8) is 0 Å². The molecule has 1 aromatic heterocycles. The maximum absolute atomic E-state index is 10.7. The highest BCUT2D eigenvalue weighted by molar-refractivity contribution is 5.69. The average molecular weight is 183 g/mol. The number of hydrogen-bond donors (Lipinski definition) is 1. The molecule has 0 saturated carbocycles. The van der Waals surface area contributed by atoms with E-state index in [1.165, 1.54) is 7.11 Å². The molecule has 0 saturated heterocycles. The summed E-state index contributed by atoms with van der Waals surface area (Å²) in [7, 11) is 1.39. The Morgan fingerprint density at radius 3 is 3.15 bits per heavy atom. The molecule has 0 amide bonds. The van der Waals surface area contributed by atoms with E-state index >= 15 is 0 Å². The van der Waals surface area contributed by atoms with Crippen molar-refractivity contribution in [3.05, 3.63) is 24.2 Å². The average Bonchev–Trinajstić information content (AvgIpc) is 2.64. The summed E-state index contributed by atoms with van der Waals surface area (Å²) in [6.45, 7) is 1.34. The number of esters is 1. The molecule has 4 heteroatoms. The molecule has 0 aromatic carbocycles. The molecule has 0 aliphatic heterocycles. The lowest BCUT2D eigenvalue weighted by Gasteiger charge is -2.00. The van der Waals surface area contributed by atoms with E-state index in [0.717, 1.165) is 5.56 Å². The predicted octanol–water partition coefficient (Wildman–Crippen LogP) is 0.932. The molecule has 0 atom stereocenters. The Labute approximate surface area is 76.9 Å². The summed E-state index contributed by atoms with van der Waals surface area (Å²) in [6.07, 6.45) is 3.69. The maximum Gasteiger partial charge on any atom is 0.306 e. The second kappa shape index (κ2) is 5.37. The van der Waals surface area contributed by atoms with Crippen molar-refractivity contribution in [1.82, 2.24) is 5.32 Å². The molecule has 4 nitrogen and oxygen atoms in total. The van der Waals surface area contributed by atoms with Crippen molar-refractivity contribution in [2.45, 2.75) is 13.0 Å².